The lowest BCUT2D eigenvalue weighted by atomic mass is 9.96. The van der Waals surface area contributed by atoms with Crippen LogP contribution in [0.5, 0.6) is 0 Å². The highest BCUT2D eigenvalue weighted by molar-refractivity contribution is 5.95. The van der Waals surface area contributed by atoms with Crippen molar-refractivity contribution in [3.8, 4) is 0 Å². The van der Waals surface area contributed by atoms with Crippen LogP contribution in [0.25, 0.3) is 0 Å². The average Bonchev–Trinajstić information content (AvgIpc) is 3.21. The van der Waals surface area contributed by atoms with E-state index in [9.17, 15) is 28.8 Å². The van der Waals surface area contributed by atoms with E-state index in [1.54, 1.807) is 0 Å². The zero-order valence-electron chi connectivity index (χ0n) is 40.2. The molecule has 0 aliphatic carbocycles. The molecule has 61 heavy (non-hydrogen) atoms. The summed E-state index contributed by atoms with van der Waals surface area (Å²) in [6.45, 7) is 20.1. The standard InChI is InChI=1S/2C24H47N3O3.CH4/c2*1-6-9-12-15-19(25)23(29)27-21(17-14-11-8-3)24(30)26-20(16-13-10-7-2)22(28)18(4)5;/h2*18-21H,6-17,25H2,1-5H3,(H,26,30)(H,27,29);1H4. The number of ketones is 2. The number of nitrogens with one attached hydrogen (secondary N) is 4. The van der Waals surface area contributed by atoms with Crippen molar-refractivity contribution in [3.05, 3.63) is 0 Å². The number of amides is 4. The van der Waals surface area contributed by atoms with Gasteiger partial charge in [0.1, 0.15) is 12.1 Å². The van der Waals surface area contributed by atoms with E-state index in [4.69, 9.17) is 11.5 Å². The molecule has 0 rings (SSSR count). The second-order valence-electron chi connectivity index (χ2n) is 17.5. The molecule has 360 valence electrons. The highest BCUT2D eigenvalue weighted by atomic mass is 16.2. The molecule has 0 saturated carbocycles. The molecule has 6 atom stereocenters. The molecule has 4 amide bonds. The summed E-state index contributed by atoms with van der Waals surface area (Å²) in [5.74, 6) is -1.27. The fourth-order valence-electron chi connectivity index (χ4n) is 6.90. The maximum absolute atomic E-state index is 13.0. The van der Waals surface area contributed by atoms with Crippen molar-refractivity contribution < 1.29 is 28.8 Å². The molecule has 6 unspecified atom stereocenters. The third-order valence-corrected chi connectivity index (χ3v) is 11.0. The summed E-state index contributed by atoms with van der Waals surface area (Å²) in [6, 6.07) is -3.48. The maximum atomic E-state index is 13.0. The van der Waals surface area contributed by atoms with E-state index in [-0.39, 0.29) is 54.5 Å². The molecule has 0 aliphatic rings. The van der Waals surface area contributed by atoms with Gasteiger partial charge in [0.15, 0.2) is 11.6 Å². The minimum atomic E-state index is -0.644. The lowest BCUT2D eigenvalue weighted by Gasteiger charge is -2.25. The second kappa shape index (κ2) is 40.0. The number of Topliss-reactive ketones (excluding diaryl/α,β-unsaturated/α-hetero) is 2. The van der Waals surface area contributed by atoms with Crippen LogP contribution < -0.4 is 32.7 Å². The highest BCUT2D eigenvalue weighted by Gasteiger charge is 2.30. The fraction of sp³-hybridized carbons (Fsp3) is 0.878. The highest BCUT2D eigenvalue weighted by Crippen LogP contribution is 2.14. The normalized spacial score (nSPS) is 14.0. The summed E-state index contributed by atoms with van der Waals surface area (Å²) in [5, 5.41) is 11.6. The molecule has 12 nitrogen and oxygen atoms in total. The quantitative estimate of drug-likeness (QED) is 0.0335. The van der Waals surface area contributed by atoms with Crippen LogP contribution in [0.3, 0.4) is 0 Å². The molecular weight excluding hydrogens is 769 g/mol. The van der Waals surface area contributed by atoms with E-state index >= 15 is 0 Å². The fourth-order valence-corrected chi connectivity index (χ4v) is 6.90. The monoisotopic (exact) mass is 867 g/mol. The first-order valence-corrected chi connectivity index (χ1v) is 24.4. The van der Waals surface area contributed by atoms with Gasteiger partial charge in [0.25, 0.3) is 0 Å². The first kappa shape index (κ1) is 62.4. The molecule has 0 fully saturated rings. The number of nitrogens with two attached hydrogens (primary N) is 2. The van der Waals surface area contributed by atoms with Crippen molar-refractivity contribution in [3.63, 3.8) is 0 Å². The predicted molar refractivity (Wildman–Crippen MR) is 255 cm³/mol. The molecule has 0 aromatic rings. The minimum absolute atomic E-state index is 0. The number of hydrogen-bond acceptors (Lipinski definition) is 8. The average molecular weight is 867 g/mol. The summed E-state index contributed by atoms with van der Waals surface area (Å²) in [5.41, 5.74) is 12.1. The Morgan fingerprint density at radius 2 is 0.557 bits per heavy atom. The lowest BCUT2D eigenvalue weighted by molar-refractivity contribution is -0.133. The zero-order valence-corrected chi connectivity index (χ0v) is 40.2. The molecule has 0 aliphatic heterocycles. The van der Waals surface area contributed by atoms with Gasteiger partial charge in [0.05, 0.1) is 24.2 Å². The Kier molecular flexibility index (Phi) is 40.9. The van der Waals surface area contributed by atoms with E-state index in [0.29, 0.717) is 38.5 Å². The van der Waals surface area contributed by atoms with Crippen LogP contribution in [0.4, 0.5) is 0 Å². The smallest absolute Gasteiger partial charge is 0.243 e. The van der Waals surface area contributed by atoms with Gasteiger partial charge in [-0.05, 0) is 38.5 Å². The summed E-state index contributed by atoms with van der Waals surface area (Å²) in [4.78, 5) is 76.3. The summed E-state index contributed by atoms with van der Waals surface area (Å²) in [7, 11) is 0. The molecule has 0 aromatic carbocycles. The molecule has 0 radical (unpaired) electrons. The molecule has 0 aromatic heterocycles. The number of carbonyl (C=O) groups is 6. The van der Waals surface area contributed by atoms with E-state index in [1.165, 1.54) is 0 Å². The molecule has 0 saturated heterocycles. The van der Waals surface area contributed by atoms with Gasteiger partial charge in [-0.15, -0.1) is 0 Å². The van der Waals surface area contributed by atoms with Crippen molar-refractivity contribution in [2.75, 3.05) is 0 Å². The lowest BCUT2D eigenvalue weighted by Crippen LogP contribution is -2.54. The maximum Gasteiger partial charge on any atom is 0.243 e. The van der Waals surface area contributed by atoms with Gasteiger partial charge in [0.2, 0.25) is 23.6 Å². The van der Waals surface area contributed by atoms with Crippen LogP contribution in [0.15, 0.2) is 0 Å². The van der Waals surface area contributed by atoms with E-state index in [1.807, 2.05) is 27.7 Å². The molecule has 0 spiro atoms. The van der Waals surface area contributed by atoms with Crippen molar-refractivity contribution in [2.45, 2.75) is 267 Å². The van der Waals surface area contributed by atoms with Gasteiger partial charge >= 0.3 is 0 Å². The van der Waals surface area contributed by atoms with Crippen LogP contribution in [0, 0.1) is 11.8 Å². The molecule has 8 N–H and O–H groups in total. The largest absolute Gasteiger partial charge is 0.345 e. The van der Waals surface area contributed by atoms with E-state index in [2.05, 4.69) is 62.8 Å². The van der Waals surface area contributed by atoms with Crippen LogP contribution in [0.1, 0.15) is 231 Å². The Balaban J connectivity index is -0.00000109. The first-order valence-electron chi connectivity index (χ1n) is 24.4. The Morgan fingerprint density at radius 1 is 0.344 bits per heavy atom. The van der Waals surface area contributed by atoms with Gasteiger partial charge in [-0.3, -0.25) is 28.8 Å². The summed E-state index contributed by atoms with van der Waals surface area (Å²) < 4.78 is 0. The van der Waals surface area contributed by atoms with Gasteiger partial charge in [-0.25, -0.2) is 0 Å². The van der Waals surface area contributed by atoms with Crippen LogP contribution >= 0.6 is 0 Å². The first-order chi connectivity index (χ1) is 28.6. The van der Waals surface area contributed by atoms with Crippen LogP contribution in [-0.2, 0) is 28.8 Å². The second-order valence-corrected chi connectivity index (χ2v) is 17.5. The van der Waals surface area contributed by atoms with Crippen LogP contribution in [0.2, 0.25) is 0 Å². The van der Waals surface area contributed by atoms with Gasteiger partial charge in [-0.2, -0.15) is 0 Å². The molecular formula is C49H98N6O6. The van der Waals surface area contributed by atoms with E-state index < -0.39 is 36.3 Å². The molecule has 0 heterocycles. The van der Waals surface area contributed by atoms with Crippen molar-refractivity contribution in [1.82, 2.24) is 21.3 Å². The van der Waals surface area contributed by atoms with Crippen molar-refractivity contribution in [1.29, 1.82) is 0 Å². The van der Waals surface area contributed by atoms with Gasteiger partial charge in [0, 0.05) is 11.8 Å². The zero-order chi connectivity index (χ0) is 45.9. The van der Waals surface area contributed by atoms with Crippen molar-refractivity contribution in [2.24, 2.45) is 23.3 Å². The Labute approximate surface area is 374 Å². The Bertz CT molecular complexity index is 1080. The Hall–Kier alpha value is -2.86. The number of rotatable bonds is 36. The summed E-state index contributed by atoms with van der Waals surface area (Å²) >= 11 is 0. The molecule has 0 bridgehead atoms. The topological polar surface area (TPSA) is 203 Å². The number of hydrogen-bond donors (Lipinski definition) is 6. The van der Waals surface area contributed by atoms with Crippen molar-refractivity contribution >= 4 is 35.2 Å². The number of unbranched alkanes of at least 4 members (excludes halogenated alkanes) is 12. The summed E-state index contributed by atoms with van der Waals surface area (Å²) in [6.07, 6.45) is 21.4. The Morgan fingerprint density at radius 3 is 0.787 bits per heavy atom. The third-order valence-electron chi connectivity index (χ3n) is 11.0. The van der Waals surface area contributed by atoms with E-state index in [0.717, 1.165) is 116 Å². The van der Waals surface area contributed by atoms with Gasteiger partial charge in [-0.1, -0.05) is 192 Å². The predicted octanol–water partition coefficient (Wildman–Crippen LogP) is 9.13. The number of carbonyl (C=O) groups excluding carboxylic acids is 6. The minimum Gasteiger partial charge on any atom is -0.345 e. The van der Waals surface area contributed by atoms with Gasteiger partial charge < -0.3 is 32.7 Å². The SMILES string of the molecule is C.CCCCCC(N)C(=O)NC(CCCCC)C(=O)NC(CCCCC)C(=O)C(C)C.CCCCCC(N)C(=O)NC(CCCCC)C(=O)NC(CCCCC)C(=O)C(C)C. The molecule has 12 heteroatoms. The third kappa shape index (κ3) is 30.8. The van der Waals surface area contributed by atoms with Crippen LogP contribution in [-0.4, -0.2) is 71.4 Å².